The van der Waals surface area contributed by atoms with Gasteiger partial charge in [0.05, 0.1) is 30.6 Å². The molecule has 2 aliphatic heterocycles. The lowest BCUT2D eigenvalue weighted by Gasteiger charge is -2.27. The molecule has 2 aromatic rings. The van der Waals surface area contributed by atoms with Crippen LogP contribution in [0.4, 0.5) is 10.5 Å². The highest BCUT2D eigenvalue weighted by atomic mass is 16.5. The molecule has 2 aromatic carbocycles. The van der Waals surface area contributed by atoms with Gasteiger partial charge in [-0.2, -0.15) is 5.26 Å². The van der Waals surface area contributed by atoms with Crippen LogP contribution in [0.25, 0.3) is 0 Å². The van der Waals surface area contributed by atoms with Crippen molar-refractivity contribution >= 4 is 18.1 Å². The fourth-order valence-corrected chi connectivity index (χ4v) is 3.64. The summed E-state index contributed by atoms with van der Waals surface area (Å²) in [5.74, 6) is 1.21. The molecule has 0 radical (unpaired) electrons. The maximum atomic E-state index is 12.2. The Kier molecular flexibility index (Phi) is 5.61. The minimum atomic E-state index is -0.521. The predicted molar refractivity (Wildman–Crippen MR) is 109 cm³/mol. The number of fused-ring (bicyclic) bond motifs is 1. The Balaban J connectivity index is 1.37. The standard InChI is InChI=1S/C22H22N4O3/c23-11-15-1-3-16(4-2-15)13-29-22(27)26-18-5-6-21-20(10-18)17(7-8-28-21)9-19-12-24-14-25-19/h1-6,10,14,17,19H,7-9,12-13H2,(H,24,25)(H,26,27). The first-order valence-electron chi connectivity index (χ1n) is 9.66. The number of rotatable bonds is 5. The molecular weight excluding hydrogens is 368 g/mol. The first kappa shape index (κ1) is 18.8. The van der Waals surface area contributed by atoms with E-state index in [9.17, 15) is 4.79 Å². The molecule has 2 N–H and O–H groups in total. The van der Waals surface area contributed by atoms with Gasteiger partial charge in [-0.15, -0.1) is 0 Å². The van der Waals surface area contributed by atoms with Gasteiger partial charge in [0.1, 0.15) is 12.4 Å². The maximum absolute atomic E-state index is 12.2. The van der Waals surface area contributed by atoms with Crippen molar-refractivity contribution in [1.29, 1.82) is 5.26 Å². The summed E-state index contributed by atoms with van der Waals surface area (Å²) in [5.41, 5.74) is 3.17. The van der Waals surface area contributed by atoms with E-state index >= 15 is 0 Å². The molecule has 7 heteroatoms. The molecule has 0 bridgehead atoms. The van der Waals surface area contributed by atoms with Crippen LogP contribution in [-0.4, -0.2) is 31.6 Å². The van der Waals surface area contributed by atoms with Gasteiger partial charge < -0.3 is 14.8 Å². The van der Waals surface area contributed by atoms with Crippen LogP contribution in [0.5, 0.6) is 5.75 Å². The van der Waals surface area contributed by atoms with Gasteiger partial charge >= 0.3 is 6.09 Å². The first-order chi connectivity index (χ1) is 14.2. The Labute approximate surface area is 169 Å². The molecule has 2 aliphatic rings. The van der Waals surface area contributed by atoms with Crippen molar-refractivity contribution in [3.63, 3.8) is 0 Å². The average Bonchev–Trinajstić information content (AvgIpc) is 3.26. The largest absolute Gasteiger partial charge is 0.493 e. The number of aliphatic imine (C=N–C) groups is 1. The van der Waals surface area contributed by atoms with Gasteiger partial charge in [-0.05, 0) is 60.2 Å². The van der Waals surface area contributed by atoms with Crippen LogP contribution in [0.2, 0.25) is 0 Å². The molecule has 0 saturated carbocycles. The van der Waals surface area contributed by atoms with Crippen LogP contribution in [0, 0.1) is 11.3 Å². The number of anilines is 1. The number of carbonyl (C=O) groups is 1. The smallest absolute Gasteiger partial charge is 0.411 e. The molecule has 0 aliphatic carbocycles. The molecule has 0 spiro atoms. The molecule has 2 atom stereocenters. The lowest BCUT2D eigenvalue weighted by atomic mass is 9.87. The van der Waals surface area contributed by atoms with Crippen molar-refractivity contribution in [2.24, 2.45) is 4.99 Å². The van der Waals surface area contributed by atoms with E-state index in [-0.39, 0.29) is 12.6 Å². The third kappa shape index (κ3) is 4.66. The minimum Gasteiger partial charge on any atom is -0.493 e. The lowest BCUT2D eigenvalue weighted by molar-refractivity contribution is 0.155. The van der Waals surface area contributed by atoms with Crippen LogP contribution >= 0.6 is 0 Å². The first-order valence-corrected chi connectivity index (χ1v) is 9.66. The molecule has 148 valence electrons. The Bertz CT molecular complexity index is 950. The van der Waals surface area contributed by atoms with Crippen LogP contribution in [0.3, 0.4) is 0 Å². The Morgan fingerprint density at radius 2 is 2.17 bits per heavy atom. The molecule has 4 rings (SSSR count). The average molecular weight is 390 g/mol. The third-order valence-corrected chi connectivity index (χ3v) is 5.16. The topological polar surface area (TPSA) is 95.7 Å². The summed E-state index contributed by atoms with van der Waals surface area (Å²) < 4.78 is 11.1. The number of benzene rings is 2. The monoisotopic (exact) mass is 390 g/mol. The van der Waals surface area contributed by atoms with Crippen molar-refractivity contribution in [1.82, 2.24) is 5.32 Å². The highest BCUT2D eigenvalue weighted by molar-refractivity contribution is 5.85. The van der Waals surface area contributed by atoms with Gasteiger partial charge in [-0.25, -0.2) is 4.79 Å². The number of ether oxygens (including phenoxy) is 2. The van der Waals surface area contributed by atoms with Crippen molar-refractivity contribution in [2.45, 2.75) is 31.4 Å². The van der Waals surface area contributed by atoms with Crippen molar-refractivity contribution in [3.05, 3.63) is 59.2 Å². The number of nitrogens with one attached hydrogen (secondary N) is 2. The van der Waals surface area contributed by atoms with E-state index < -0.39 is 6.09 Å². The molecule has 7 nitrogen and oxygen atoms in total. The summed E-state index contributed by atoms with van der Waals surface area (Å²) in [6, 6.07) is 15.0. The summed E-state index contributed by atoms with van der Waals surface area (Å²) in [7, 11) is 0. The molecule has 1 amide bonds. The zero-order valence-electron chi connectivity index (χ0n) is 15.9. The third-order valence-electron chi connectivity index (χ3n) is 5.16. The molecule has 0 fully saturated rings. The molecule has 2 heterocycles. The van der Waals surface area contributed by atoms with E-state index in [1.54, 1.807) is 30.6 Å². The lowest BCUT2D eigenvalue weighted by Crippen LogP contribution is -2.22. The van der Waals surface area contributed by atoms with Gasteiger partial charge in [-0.3, -0.25) is 10.3 Å². The summed E-state index contributed by atoms with van der Waals surface area (Å²) in [6.07, 6.45) is 3.14. The zero-order chi connectivity index (χ0) is 20.1. The molecule has 2 unspecified atom stereocenters. The Hall–Kier alpha value is -3.53. The number of hydrogen-bond acceptors (Lipinski definition) is 6. The summed E-state index contributed by atoms with van der Waals surface area (Å²) >= 11 is 0. The van der Waals surface area contributed by atoms with Crippen LogP contribution in [0.15, 0.2) is 47.5 Å². The summed E-state index contributed by atoms with van der Waals surface area (Å²) in [4.78, 5) is 16.6. The van der Waals surface area contributed by atoms with Gasteiger partial charge in [0.25, 0.3) is 0 Å². The zero-order valence-corrected chi connectivity index (χ0v) is 15.9. The maximum Gasteiger partial charge on any atom is 0.411 e. The second-order valence-electron chi connectivity index (χ2n) is 7.17. The van der Waals surface area contributed by atoms with E-state index in [1.807, 2.05) is 18.2 Å². The minimum absolute atomic E-state index is 0.140. The van der Waals surface area contributed by atoms with Crippen LogP contribution in [0.1, 0.15) is 35.4 Å². The van der Waals surface area contributed by atoms with E-state index in [1.165, 1.54) is 0 Å². The summed E-state index contributed by atoms with van der Waals surface area (Å²) in [6.45, 7) is 1.70. The number of carbonyl (C=O) groups excluding carboxylic acids is 1. The van der Waals surface area contributed by atoms with E-state index in [2.05, 4.69) is 21.7 Å². The van der Waals surface area contributed by atoms with Crippen molar-refractivity contribution in [3.8, 4) is 11.8 Å². The number of nitrogens with zero attached hydrogens (tertiary/aromatic N) is 2. The van der Waals surface area contributed by atoms with Crippen molar-refractivity contribution in [2.75, 3.05) is 18.5 Å². The molecule has 0 aromatic heterocycles. The van der Waals surface area contributed by atoms with Gasteiger partial charge in [0.2, 0.25) is 0 Å². The fourth-order valence-electron chi connectivity index (χ4n) is 3.64. The van der Waals surface area contributed by atoms with E-state index in [0.29, 0.717) is 23.8 Å². The van der Waals surface area contributed by atoms with E-state index in [0.717, 1.165) is 36.3 Å². The van der Waals surface area contributed by atoms with Gasteiger partial charge in [0.15, 0.2) is 0 Å². The second-order valence-corrected chi connectivity index (χ2v) is 7.17. The SMILES string of the molecule is N#Cc1ccc(COC(=O)Nc2ccc3c(c2)C(CC2CNC=N2)CCO3)cc1. The highest BCUT2D eigenvalue weighted by Gasteiger charge is 2.26. The van der Waals surface area contributed by atoms with Crippen molar-refractivity contribution < 1.29 is 14.3 Å². The molecule has 0 saturated heterocycles. The predicted octanol–water partition coefficient (Wildman–Crippen LogP) is 3.56. The second kappa shape index (κ2) is 8.65. The summed E-state index contributed by atoms with van der Waals surface area (Å²) in [5, 5.41) is 14.8. The van der Waals surface area contributed by atoms with E-state index in [4.69, 9.17) is 14.7 Å². The normalized spacial score (nSPS) is 19.4. The number of amides is 1. The highest BCUT2D eigenvalue weighted by Crippen LogP contribution is 2.38. The quantitative estimate of drug-likeness (QED) is 0.814. The fraction of sp³-hybridized carbons (Fsp3) is 0.318. The van der Waals surface area contributed by atoms with Crippen LogP contribution in [-0.2, 0) is 11.3 Å². The number of nitriles is 1. The van der Waals surface area contributed by atoms with Gasteiger partial charge in [0, 0.05) is 12.2 Å². The van der Waals surface area contributed by atoms with Gasteiger partial charge in [-0.1, -0.05) is 12.1 Å². The molecular formula is C22H22N4O3. The Morgan fingerprint density at radius 3 is 2.93 bits per heavy atom. The molecule has 29 heavy (non-hydrogen) atoms. The van der Waals surface area contributed by atoms with Crippen LogP contribution < -0.4 is 15.4 Å². The number of hydrogen-bond donors (Lipinski definition) is 2. The Morgan fingerprint density at radius 1 is 1.31 bits per heavy atom.